The van der Waals surface area contributed by atoms with E-state index in [1.165, 1.54) is 11.3 Å². The van der Waals surface area contributed by atoms with Gasteiger partial charge in [0.25, 0.3) is 0 Å². The quantitative estimate of drug-likeness (QED) is 0.787. The second kappa shape index (κ2) is 3.75. The fourth-order valence-corrected chi connectivity index (χ4v) is 2.74. The molecule has 0 saturated heterocycles. The molecular formula is C10H10O4S. The zero-order valence-electron chi connectivity index (χ0n) is 7.84. The second-order valence-corrected chi connectivity index (χ2v) is 4.55. The van der Waals surface area contributed by atoms with Crippen LogP contribution in [0.4, 0.5) is 0 Å². The molecule has 2 rings (SSSR count). The van der Waals surface area contributed by atoms with Crippen LogP contribution in [-0.2, 0) is 11.2 Å². The highest BCUT2D eigenvalue weighted by molar-refractivity contribution is 7.10. The van der Waals surface area contributed by atoms with E-state index in [0.29, 0.717) is 18.4 Å². The lowest BCUT2D eigenvalue weighted by atomic mass is 9.83. The molecule has 1 aromatic heterocycles. The molecule has 2 atom stereocenters. The zero-order valence-corrected chi connectivity index (χ0v) is 8.66. The van der Waals surface area contributed by atoms with Gasteiger partial charge in [0.1, 0.15) is 0 Å². The number of rotatable bonds is 2. The lowest BCUT2D eigenvalue weighted by Crippen LogP contribution is -2.37. The number of carboxylic acid groups (broad SMARTS) is 1. The summed E-state index contributed by atoms with van der Waals surface area (Å²) in [5, 5.41) is 19.8. The van der Waals surface area contributed by atoms with E-state index in [4.69, 9.17) is 5.11 Å². The maximum absolute atomic E-state index is 11.8. The summed E-state index contributed by atoms with van der Waals surface area (Å²) >= 11 is 1.50. The van der Waals surface area contributed by atoms with Crippen LogP contribution in [0.1, 0.15) is 21.7 Å². The first-order valence-electron chi connectivity index (χ1n) is 4.62. The van der Waals surface area contributed by atoms with Gasteiger partial charge < -0.3 is 10.2 Å². The summed E-state index contributed by atoms with van der Waals surface area (Å²) in [4.78, 5) is 23.4. The molecule has 1 aliphatic carbocycles. The summed E-state index contributed by atoms with van der Waals surface area (Å²) in [6, 6.07) is 1.70. The minimum atomic E-state index is -1.58. The molecule has 15 heavy (non-hydrogen) atoms. The Labute approximate surface area is 90.2 Å². The first-order chi connectivity index (χ1) is 7.11. The van der Waals surface area contributed by atoms with Gasteiger partial charge in [0.2, 0.25) is 0 Å². The third-order valence-corrected chi connectivity index (χ3v) is 3.64. The van der Waals surface area contributed by atoms with Crippen LogP contribution in [0.5, 0.6) is 0 Å². The van der Waals surface area contributed by atoms with Gasteiger partial charge in [-0.1, -0.05) is 0 Å². The van der Waals surface area contributed by atoms with Gasteiger partial charge >= 0.3 is 5.97 Å². The summed E-state index contributed by atoms with van der Waals surface area (Å²) in [6.45, 7) is 0. The number of fused-ring (bicyclic) bond motifs is 1. The first-order valence-corrected chi connectivity index (χ1v) is 5.50. The van der Waals surface area contributed by atoms with Crippen molar-refractivity contribution in [3.8, 4) is 0 Å². The molecule has 0 bridgehead atoms. The van der Waals surface area contributed by atoms with Crippen LogP contribution in [-0.4, -0.2) is 28.1 Å². The normalized spacial score (nSPS) is 22.2. The van der Waals surface area contributed by atoms with E-state index in [9.17, 15) is 14.7 Å². The van der Waals surface area contributed by atoms with Crippen LogP contribution < -0.4 is 0 Å². The standard InChI is InChI=1S/C10H10O4S/c11-8-5-3-4-15-7(5)2-1-6(8)9(12)10(13)14/h3-4,6,9,12H,1-2H2,(H,13,14)/t6-,9-/m0/s1. The Balaban J connectivity index is 2.27. The van der Waals surface area contributed by atoms with Gasteiger partial charge in [-0.25, -0.2) is 4.79 Å². The van der Waals surface area contributed by atoms with E-state index in [1.807, 2.05) is 5.38 Å². The Morgan fingerprint density at radius 2 is 2.33 bits per heavy atom. The van der Waals surface area contributed by atoms with Crippen molar-refractivity contribution in [3.05, 3.63) is 21.9 Å². The van der Waals surface area contributed by atoms with E-state index in [1.54, 1.807) is 6.07 Å². The van der Waals surface area contributed by atoms with Crippen LogP contribution in [0.25, 0.3) is 0 Å². The number of carboxylic acids is 1. The number of hydrogen-bond acceptors (Lipinski definition) is 4. The Morgan fingerprint density at radius 3 is 3.00 bits per heavy atom. The molecular weight excluding hydrogens is 216 g/mol. The fraction of sp³-hybridized carbons (Fsp3) is 0.400. The van der Waals surface area contributed by atoms with Gasteiger partial charge in [-0.15, -0.1) is 11.3 Å². The average molecular weight is 226 g/mol. The molecule has 1 heterocycles. The van der Waals surface area contributed by atoms with Crippen molar-refractivity contribution in [1.29, 1.82) is 0 Å². The maximum Gasteiger partial charge on any atom is 0.333 e. The lowest BCUT2D eigenvalue weighted by Gasteiger charge is -2.22. The third-order valence-electron chi connectivity index (χ3n) is 2.66. The predicted molar refractivity (Wildman–Crippen MR) is 54.1 cm³/mol. The molecule has 5 heteroatoms. The molecule has 1 aliphatic rings. The number of aliphatic hydroxyl groups excluding tert-OH is 1. The van der Waals surface area contributed by atoms with Gasteiger partial charge in [-0.3, -0.25) is 4.79 Å². The van der Waals surface area contributed by atoms with Crippen molar-refractivity contribution in [2.75, 3.05) is 0 Å². The van der Waals surface area contributed by atoms with Crippen molar-refractivity contribution in [3.63, 3.8) is 0 Å². The largest absolute Gasteiger partial charge is 0.479 e. The van der Waals surface area contributed by atoms with Crippen LogP contribution in [0.2, 0.25) is 0 Å². The van der Waals surface area contributed by atoms with Gasteiger partial charge in [0.15, 0.2) is 11.9 Å². The van der Waals surface area contributed by atoms with Crippen LogP contribution in [0.3, 0.4) is 0 Å². The Bertz CT molecular complexity index is 409. The number of Topliss-reactive ketones (excluding diaryl/α,β-unsaturated/α-hetero) is 1. The van der Waals surface area contributed by atoms with Crippen molar-refractivity contribution in [1.82, 2.24) is 0 Å². The molecule has 0 aliphatic heterocycles. The fourth-order valence-electron chi connectivity index (χ4n) is 1.84. The number of aliphatic carboxylic acids is 1. The number of aryl methyl sites for hydroxylation is 1. The zero-order chi connectivity index (χ0) is 11.0. The van der Waals surface area contributed by atoms with Gasteiger partial charge in [-0.2, -0.15) is 0 Å². The summed E-state index contributed by atoms with van der Waals surface area (Å²) in [5.74, 6) is -2.36. The number of thiophene rings is 1. The SMILES string of the molecule is O=C(O)[C@@H](O)[C@H]1CCc2sccc2C1=O. The Kier molecular flexibility index (Phi) is 2.58. The van der Waals surface area contributed by atoms with Gasteiger partial charge in [0.05, 0.1) is 5.92 Å². The van der Waals surface area contributed by atoms with Gasteiger partial charge in [0, 0.05) is 10.4 Å². The molecule has 0 unspecified atom stereocenters. The molecule has 0 spiro atoms. The second-order valence-electron chi connectivity index (χ2n) is 3.55. The van der Waals surface area contributed by atoms with E-state index in [2.05, 4.69) is 0 Å². The summed E-state index contributed by atoms with van der Waals surface area (Å²) in [5.41, 5.74) is 0.580. The molecule has 4 nitrogen and oxygen atoms in total. The number of ketones is 1. The molecule has 80 valence electrons. The highest BCUT2D eigenvalue weighted by atomic mass is 32.1. The van der Waals surface area contributed by atoms with Gasteiger partial charge in [-0.05, 0) is 24.3 Å². The molecule has 1 aromatic rings. The molecule has 0 fully saturated rings. The number of hydrogen-bond donors (Lipinski definition) is 2. The van der Waals surface area contributed by atoms with E-state index in [0.717, 1.165) is 4.88 Å². The van der Waals surface area contributed by atoms with E-state index in [-0.39, 0.29) is 5.78 Å². The minimum Gasteiger partial charge on any atom is -0.479 e. The molecule has 2 N–H and O–H groups in total. The maximum atomic E-state index is 11.8. The van der Waals surface area contributed by atoms with E-state index < -0.39 is 18.0 Å². The third kappa shape index (κ3) is 1.68. The monoisotopic (exact) mass is 226 g/mol. The van der Waals surface area contributed by atoms with Crippen molar-refractivity contribution < 1.29 is 19.8 Å². The molecule has 0 saturated carbocycles. The highest BCUT2D eigenvalue weighted by Gasteiger charge is 2.36. The number of carbonyl (C=O) groups excluding carboxylic acids is 1. The van der Waals surface area contributed by atoms with Crippen LogP contribution in [0, 0.1) is 5.92 Å². The highest BCUT2D eigenvalue weighted by Crippen LogP contribution is 2.31. The topological polar surface area (TPSA) is 74.6 Å². The summed E-state index contributed by atoms with van der Waals surface area (Å²) in [7, 11) is 0. The average Bonchev–Trinajstić information content (AvgIpc) is 2.66. The van der Waals surface area contributed by atoms with Crippen LogP contribution >= 0.6 is 11.3 Å². The van der Waals surface area contributed by atoms with Crippen molar-refractivity contribution in [2.24, 2.45) is 5.92 Å². The van der Waals surface area contributed by atoms with Crippen LogP contribution in [0.15, 0.2) is 11.4 Å². The predicted octanol–water partition coefficient (Wildman–Crippen LogP) is 0.939. The molecule has 0 aromatic carbocycles. The number of aliphatic hydroxyl groups is 1. The van der Waals surface area contributed by atoms with Crippen molar-refractivity contribution in [2.45, 2.75) is 18.9 Å². The van der Waals surface area contributed by atoms with Crippen molar-refractivity contribution >= 4 is 23.1 Å². The summed E-state index contributed by atoms with van der Waals surface area (Å²) < 4.78 is 0. The Morgan fingerprint density at radius 1 is 1.60 bits per heavy atom. The first kappa shape index (κ1) is 10.3. The minimum absolute atomic E-state index is 0.243. The molecule has 0 radical (unpaired) electrons. The number of carbonyl (C=O) groups is 2. The lowest BCUT2D eigenvalue weighted by molar-refractivity contribution is -0.148. The molecule has 0 amide bonds. The Hall–Kier alpha value is -1.20. The smallest absolute Gasteiger partial charge is 0.333 e. The van der Waals surface area contributed by atoms with E-state index >= 15 is 0 Å². The summed E-state index contributed by atoms with van der Waals surface area (Å²) in [6.07, 6.45) is -0.487.